The van der Waals surface area contributed by atoms with Crippen LogP contribution in [0.1, 0.15) is 6.92 Å². The van der Waals surface area contributed by atoms with Crippen molar-refractivity contribution in [1.29, 1.82) is 0 Å². The number of halogens is 1. The molecule has 3 rings (SSSR count). The van der Waals surface area contributed by atoms with E-state index in [0.29, 0.717) is 38.4 Å². The lowest BCUT2D eigenvalue weighted by molar-refractivity contribution is -0.135. The summed E-state index contributed by atoms with van der Waals surface area (Å²) in [6, 6.07) is 6.76. The maximum absolute atomic E-state index is 13.8. The lowest BCUT2D eigenvalue weighted by Crippen LogP contribution is -2.50. The van der Waals surface area contributed by atoms with E-state index in [1.807, 2.05) is 22.8 Å². The molecule has 1 fully saturated rings. The van der Waals surface area contributed by atoms with E-state index in [1.165, 1.54) is 12.4 Å². The molecule has 23 heavy (non-hydrogen) atoms. The van der Waals surface area contributed by atoms with Crippen LogP contribution in [0.2, 0.25) is 0 Å². The van der Waals surface area contributed by atoms with Crippen LogP contribution in [0.4, 0.5) is 10.1 Å². The Balaban J connectivity index is 1.56. The van der Waals surface area contributed by atoms with Crippen molar-refractivity contribution in [2.24, 2.45) is 5.92 Å². The van der Waals surface area contributed by atoms with Gasteiger partial charge >= 0.3 is 0 Å². The third kappa shape index (κ3) is 3.49. The zero-order chi connectivity index (χ0) is 16.2. The van der Waals surface area contributed by atoms with Gasteiger partial charge in [0.1, 0.15) is 18.5 Å². The number of benzene rings is 1. The second-order valence-corrected chi connectivity index (χ2v) is 5.78. The Morgan fingerprint density at radius 3 is 2.65 bits per heavy atom. The number of nitrogens with zero attached hydrogens (tertiary/aromatic N) is 5. The molecule has 7 heteroatoms. The summed E-state index contributed by atoms with van der Waals surface area (Å²) in [6.45, 7) is 4.91. The molecule has 0 spiro atoms. The van der Waals surface area contributed by atoms with Crippen molar-refractivity contribution in [1.82, 2.24) is 19.7 Å². The zero-order valence-electron chi connectivity index (χ0n) is 13.1. The molecule has 1 aliphatic heterocycles. The number of rotatable bonds is 4. The Morgan fingerprint density at radius 2 is 2.00 bits per heavy atom. The molecule has 1 amide bonds. The minimum Gasteiger partial charge on any atom is -0.366 e. The SMILES string of the molecule is CC(Cn1cncn1)C(=O)N1CCN(c2ccccc2F)CC1. The molecule has 1 aromatic carbocycles. The molecule has 1 aromatic heterocycles. The second kappa shape index (κ2) is 6.76. The van der Waals surface area contributed by atoms with Gasteiger partial charge in [-0.05, 0) is 12.1 Å². The smallest absolute Gasteiger partial charge is 0.227 e. The first-order valence-corrected chi connectivity index (χ1v) is 7.76. The average Bonchev–Trinajstić information content (AvgIpc) is 3.08. The quantitative estimate of drug-likeness (QED) is 0.855. The molecule has 0 bridgehead atoms. The van der Waals surface area contributed by atoms with Gasteiger partial charge in [-0.15, -0.1) is 0 Å². The van der Waals surface area contributed by atoms with Gasteiger partial charge in [0.25, 0.3) is 0 Å². The molecule has 0 aliphatic carbocycles. The Morgan fingerprint density at radius 1 is 1.26 bits per heavy atom. The Labute approximate surface area is 134 Å². The molecule has 1 atom stereocenters. The highest BCUT2D eigenvalue weighted by Crippen LogP contribution is 2.20. The largest absolute Gasteiger partial charge is 0.366 e. The standard InChI is InChI=1S/C16H20FN5O/c1-13(10-22-12-18-11-19-22)16(23)21-8-6-20(7-9-21)15-5-3-2-4-14(15)17/h2-5,11-13H,6-10H2,1H3. The van der Waals surface area contributed by atoms with E-state index in [0.717, 1.165) is 0 Å². The van der Waals surface area contributed by atoms with Crippen LogP contribution in [-0.2, 0) is 11.3 Å². The number of hydrogen-bond donors (Lipinski definition) is 0. The van der Waals surface area contributed by atoms with Crippen LogP contribution >= 0.6 is 0 Å². The number of carbonyl (C=O) groups excluding carboxylic acids is 1. The molecule has 1 aliphatic rings. The molecule has 1 unspecified atom stereocenters. The Bertz CT molecular complexity index is 652. The maximum atomic E-state index is 13.8. The van der Waals surface area contributed by atoms with Gasteiger partial charge in [0, 0.05) is 26.2 Å². The first-order valence-electron chi connectivity index (χ1n) is 7.76. The molecule has 0 saturated carbocycles. The predicted molar refractivity (Wildman–Crippen MR) is 84.4 cm³/mol. The number of para-hydroxylation sites is 1. The first-order chi connectivity index (χ1) is 11.1. The Kier molecular flexibility index (Phi) is 4.55. The van der Waals surface area contributed by atoms with Gasteiger partial charge in [-0.2, -0.15) is 5.10 Å². The summed E-state index contributed by atoms with van der Waals surface area (Å²) in [7, 11) is 0. The molecule has 2 heterocycles. The zero-order valence-corrected chi connectivity index (χ0v) is 13.1. The summed E-state index contributed by atoms with van der Waals surface area (Å²) in [5.41, 5.74) is 0.607. The summed E-state index contributed by atoms with van der Waals surface area (Å²) in [5, 5.41) is 4.03. The van der Waals surface area contributed by atoms with Crippen LogP contribution in [0, 0.1) is 11.7 Å². The third-order valence-electron chi connectivity index (χ3n) is 4.13. The lowest BCUT2D eigenvalue weighted by Gasteiger charge is -2.37. The topological polar surface area (TPSA) is 54.3 Å². The molecule has 6 nitrogen and oxygen atoms in total. The van der Waals surface area contributed by atoms with Crippen molar-refractivity contribution in [3.05, 3.63) is 42.7 Å². The Hall–Kier alpha value is -2.44. The number of amides is 1. The van der Waals surface area contributed by atoms with E-state index in [2.05, 4.69) is 10.1 Å². The van der Waals surface area contributed by atoms with Gasteiger partial charge < -0.3 is 9.80 Å². The summed E-state index contributed by atoms with van der Waals surface area (Å²) in [4.78, 5) is 20.2. The van der Waals surface area contributed by atoms with Gasteiger partial charge in [-0.1, -0.05) is 19.1 Å². The van der Waals surface area contributed by atoms with Crippen molar-refractivity contribution >= 4 is 11.6 Å². The fraction of sp³-hybridized carbons (Fsp3) is 0.438. The summed E-state index contributed by atoms with van der Waals surface area (Å²) < 4.78 is 15.5. The van der Waals surface area contributed by atoms with Crippen LogP contribution in [-0.4, -0.2) is 51.8 Å². The molecular formula is C16H20FN5O. The molecule has 0 radical (unpaired) electrons. The van der Waals surface area contributed by atoms with Crippen molar-refractivity contribution in [3.8, 4) is 0 Å². The van der Waals surface area contributed by atoms with Gasteiger partial charge in [-0.25, -0.2) is 9.37 Å². The predicted octanol–water partition coefficient (Wildman–Crippen LogP) is 1.40. The minimum atomic E-state index is -0.216. The van der Waals surface area contributed by atoms with Crippen molar-refractivity contribution < 1.29 is 9.18 Å². The van der Waals surface area contributed by atoms with Crippen molar-refractivity contribution in [2.75, 3.05) is 31.1 Å². The van der Waals surface area contributed by atoms with Crippen molar-refractivity contribution in [3.63, 3.8) is 0 Å². The van der Waals surface area contributed by atoms with E-state index in [9.17, 15) is 9.18 Å². The third-order valence-corrected chi connectivity index (χ3v) is 4.13. The van der Waals surface area contributed by atoms with E-state index in [1.54, 1.807) is 23.1 Å². The van der Waals surface area contributed by atoms with Gasteiger partial charge in [0.2, 0.25) is 5.91 Å². The normalized spacial score (nSPS) is 16.4. The molecule has 122 valence electrons. The van der Waals surface area contributed by atoms with Crippen LogP contribution in [0.3, 0.4) is 0 Å². The highest BCUT2D eigenvalue weighted by Gasteiger charge is 2.26. The average molecular weight is 317 g/mol. The number of aromatic nitrogens is 3. The molecular weight excluding hydrogens is 297 g/mol. The van der Waals surface area contributed by atoms with Crippen LogP contribution in [0.5, 0.6) is 0 Å². The first kappa shape index (κ1) is 15.5. The monoisotopic (exact) mass is 317 g/mol. The molecule has 2 aromatic rings. The highest BCUT2D eigenvalue weighted by molar-refractivity contribution is 5.78. The van der Waals surface area contributed by atoms with Gasteiger partial charge in [0.05, 0.1) is 18.2 Å². The van der Waals surface area contributed by atoms with Crippen LogP contribution in [0.15, 0.2) is 36.9 Å². The molecule has 1 saturated heterocycles. The van der Waals surface area contributed by atoms with E-state index in [-0.39, 0.29) is 17.6 Å². The number of hydrogen-bond acceptors (Lipinski definition) is 4. The number of anilines is 1. The van der Waals surface area contributed by atoms with E-state index >= 15 is 0 Å². The fourth-order valence-corrected chi connectivity index (χ4v) is 2.87. The van der Waals surface area contributed by atoms with E-state index in [4.69, 9.17) is 0 Å². The minimum absolute atomic E-state index is 0.105. The number of piperazine rings is 1. The number of carbonyl (C=O) groups is 1. The lowest BCUT2D eigenvalue weighted by atomic mass is 10.1. The summed E-state index contributed by atoms with van der Waals surface area (Å²) in [5.74, 6) is -0.266. The van der Waals surface area contributed by atoms with Crippen LogP contribution in [0.25, 0.3) is 0 Å². The van der Waals surface area contributed by atoms with E-state index < -0.39 is 0 Å². The summed E-state index contributed by atoms with van der Waals surface area (Å²) in [6.07, 6.45) is 3.07. The summed E-state index contributed by atoms with van der Waals surface area (Å²) >= 11 is 0. The fourth-order valence-electron chi connectivity index (χ4n) is 2.87. The van der Waals surface area contributed by atoms with Gasteiger partial charge in [0.15, 0.2) is 0 Å². The highest BCUT2D eigenvalue weighted by atomic mass is 19.1. The van der Waals surface area contributed by atoms with Crippen LogP contribution < -0.4 is 4.90 Å². The van der Waals surface area contributed by atoms with Crippen molar-refractivity contribution in [2.45, 2.75) is 13.5 Å². The maximum Gasteiger partial charge on any atom is 0.227 e. The molecule has 0 N–H and O–H groups in total. The van der Waals surface area contributed by atoms with Gasteiger partial charge in [-0.3, -0.25) is 9.48 Å². The second-order valence-electron chi connectivity index (χ2n) is 5.78.